The van der Waals surface area contributed by atoms with E-state index in [0.29, 0.717) is 5.52 Å². The molecule has 3 N–H and O–H groups in total. The number of alkyl halides is 3. The number of carbonyl (C=O) groups excluding carboxylic acids is 1. The number of carboxylic acid groups (broad SMARTS) is 1. The number of fused-ring (bicyclic) bond motifs is 1. The van der Waals surface area contributed by atoms with Crippen molar-refractivity contribution in [2.45, 2.75) is 25.6 Å². The highest BCUT2D eigenvalue weighted by molar-refractivity contribution is 5.82. The monoisotopic (exact) mass is 434 g/mol. The lowest BCUT2D eigenvalue weighted by Crippen LogP contribution is -2.37. The van der Waals surface area contributed by atoms with E-state index >= 15 is 0 Å². The summed E-state index contributed by atoms with van der Waals surface area (Å²) in [4.78, 5) is 32.2. The standard InChI is InChI=1S/C21H21F3N4O3/c1-2-28(12-19(30)31)18(29)11-17(13-6-5-7-14(10-13)21(22,23)24)27-20-25-15-8-3-4-9-16(15)26-20/h3-10,17H,2,11-12H2,1H3,(H,30,31)(H2,25,26,27). The molecule has 3 aromatic rings. The highest BCUT2D eigenvalue weighted by Gasteiger charge is 2.31. The van der Waals surface area contributed by atoms with Gasteiger partial charge in [-0.3, -0.25) is 9.59 Å². The summed E-state index contributed by atoms with van der Waals surface area (Å²) in [5.41, 5.74) is 0.766. The smallest absolute Gasteiger partial charge is 0.416 e. The zero-order valence-electron chi connectivity index (χ0n) is 16.6. The number of aliphatic carboxylic acids is 1. The van der Waals surface area contributed by atoms with Crippen LogP contribution in [0.1, 0.15) is 30.5 Å². The van der Waals surface area contributed by atoms with E-state index in [-0.39, 0.29) is 24.5 Å². The number of imidazole rings is 1. The number of anilines is 1. The predicted molar refractivity (Wildman–Crippen MR) is 108 cm³/mol. The number of benzene rings is 2. The lowest BCUT2D eigenvalue weighted by Gasteiger charge is -2.24. The first-order chi connectivity index (χ1) is 14.7. The van der Waals surface area contributed by atoms with Crippen LogP contribution in [0.4, 0.5) is 19.1 Å². The second kappa shape index (κ2) is 9.07. The van der Waals surface area contributed by atoms with E-state index < -0.39 is 36.2 Å². The molecule has 0 aliphatic rings. The quantitative estimate of drug-likeness (QED) is 0.497. The Bertz CT molecular complexity index is 1050. The van der Waals surface area contributed by atoms with Crippen LogP contribution in [-0.4, -0.2) is 44.9 Å². The van der Waals surface area contributed by atoms with Gasteiger partial charge in [-0.1, -0.05) is 24.3 Å². The van der Waals surface area contributed by atoms with Crippen LogP contribution in [0.3, 0.4) is 0 Å². The molecule has 1 heterocycles. The van der Waals surface area contributed by atoms with Crippen LogP contribution in [0.2, 0.25) is 0 Å². The van der Waals surface area contributed by atoms with Crippen LogP contribution in [0, 0.1) is 0 Å². The maximum absolute atomic E-state index is 13.2. The summed E-state index contributed by atoms with van der Waals surface area (Å²) in [6, 6.07) is 11.0. The number of H-pyrrole nitrogens is 1. The molecule has 0 spiro atoms. The molecule has 10 heteroatoms. The second-order valence-corrected chi connectivity index (χ2v) is 6.93. The van der Waals surface area contributed by atoms with Gasteiger partial charge in [0.25, 0.3) is 0 Å². The molecule has 0 radical (unpaired) electrons. The molecule has 164 valence electrons. The van der Waals surface area contributed by atoms with Crippen LogP contribution in [0.25, 0.3) is 11.0 Å². The highest BCUT2D eigenvalue weighted by atomic mass is 19.4. The SMILES string of the molecule is CCN(CC(=O)O)C(=O)CC(Nc1nc2ccccc2[nH]1)c1cccc(C(F)(F)F)c1. The molecule has 1 atom stereocenters. The Hall–Kier alpha value is -3.56. The van der Waals surface area contributed by atoms with Gasteiger partial charge in [0, 0.05) is 6.54 Å². The van der Waals surface area contributed by atoms with Crippen LogP contribution < -0.4 is 5.32 Å². The molecule has 31 heavy (non-hydrogen) atoms. The zero-order chi connectivity index (χ0) is 22.6. The van der Waals surface area contributed by atoms with E-state index in [0.717, 1.165) is 22.5 Å². The van der Waals surface area contributed by atoms with Crippen LogP contribution in [0.15, 0.2) is 48.5 Å². The third kappa shape index (κ3) is 5.53. The van der Waals surface area contributed by atoms with E-state index in [9.17, 15) is 22.8 Å². The molecule has 2 aromatic carbocycles. The van der Waals surface area contributed by atoms with Crippen LogP contribution in [0.5, 0.6) is 0 Å². The minimum Gasteiger partial charge on any atom is -0.480 e. The number of aromatic amines is 1. The molecule has 0 saturated carbocycles. The molecule has 1 amide bonds. The summed E-state index contributed by atoms with van der Waals surface area (Å²) < 4.78 is 39.6. The third-order valence-corrected chi connectivity index (χ3v) is 4.76. The van der Waals surface area contributed by atoms with Crippen molar-refractivity contribution in [3.8, 4) is 0 Å². The number of hydrogen-bond donors (Lipinski definition) is 3. The molecule has 0 aliphatic carbocycles. The van der Waals surface area contributed by atoms with Crippen molar-refractivity contribution in [2.24, 2.45) is 0 Å². The maximum atomic E-state index is 13.2. The largest absolute Gasteiger partial charge is 0.480 e. The number of likely N-dealkylation sites (N-methyl/N-ethyl adjacent to an activating group) is 1. The number of amides is 1. The summed E-state index contributed by atoms with van der Waals surface area (Å²) in [5, 5.41) is 12.0. The molecule has 1 unspecified atom stereocenters. The average Bonchev–Trinajstić information content (AvgIpc) is 3.13. The van der Waals surface area contributed by atoms with Gasteiger partial charge >= 0.3 is 12.1 Å². The number of rotatable bonds is 8. The minimum absolute atomic E-state index is 0.158. The van der Waals surface area contributed by atoms with Gasteiger partial charge in [0.2, 0.25) is 11.9 Å². The summed E-state index contributed by atoms with van der Waals surface area (Å²) >= 11 is 0. The molecular formula is C21H21F3N4O3. The number of aromatic nitrogens is 2. The third-order valence-electron chi connectivity index (χ3n) is 4.76. The van der Waals surface area contributed by atoms with Gasteiger partial charge in [-0.05, 0) is 36.8 Å². The van der Waals surface area contributed by atoms with Crippen LogP contribution >= 0.6 is 0 Å². The van der Waals surface area contributed by atoms with Crippen molar-refractivity contribution in [2.75, 3.05) is 18.4 Å². The van der Waals surface area contributed by atoms with E-state index in [2.05, 4.69) is 15.3 Å². The second-order valence-electron chi connectivity index (χ2n) is 6.93. The minimum atomic E-state index is -4.54. The highest BCUT2D eigenvalue weighted by Crippen LogP contribution is 2.32. The normalized spacial score (nSPS) is 12.5. The molecule has 3 rings (SSSR count). The predicted octanol–water partition coefficient (Wildman–Crippen LogP) is 4.06. The lowest BCUT2D eigenvalue weighted by atomic mass is 10.0. The van der Waals surface area contributed by atoms with Crippen molar-refractivity contribution in [1.82, 2.24) is 14.9 Å². The van der Waals surface area contributed by atoms with E-state index in [1.165, 1.54) is 12.1 Å². The number of nitrogens with one attached hydrogen (secondary N) is 2. The first-order valence-electron chi connectivity index (χ1n) is 9.55. The van der Waals surface area contributed by atoms with Crippen molar-refractivity contribution in [1.29, 1.82) is 0 Å². The van der Waals surface area contributed by atoms with Gasteiger partial charge in [0.15, 0.2) is 0 Å². The Kier molecular flexibility index (Phi) is 6.47. The Labute approximate surface area is 175 Å². The van der Waals surface area contributed by atoms with Crippen molar-refractivity contribution >= 4 is 28.9 Å². The zero-order valence-corrected chi connectivity index (χ0v) is 16.6. The van der Waals surface area contributed by atoms with Gasteiger partial charge in [-0.2, -0.15) is 13.2 Å². The number of para-hydroxylation sites is 2. The first kappa shape index (κ1) is 22.1. The fourth-order valence-electron chi connectivity index (χ4n) is 3.21. The van der Waals surface area contributed by atoms with Gasteiger partial charge in [-0.25, -0.2) is 4.98 Å². The van der Waals surface area contributed by atoms with Gasteiger partial charge in [0.05, 0.1) is 29.1 Å². The van der Waals surface area contributed by atoms with Gasteiger partial charge in [-0.15, -0.1) is 0 Å². The Balaban J connectivity index is 1.93. The average molecular weight is 434 g/mol. The molecular weight excluding hydrogens is 413 g/mol. The number of carboxylic acids is 1. The Morgan fingerprint density at radius 3 is 2.58 bits per heavy atom. The fraction of sp³-hybridized carbons (Fsp3) is 0.286. The van der Waals surface area contributed by atoms with Crippen molar-refractivity contribution in [3.63, 3.8) is 0 Å². The van der Waals surface area contributed by atoms with E-state index in [1.54, 1.807) is 25.1 Å². The number of nitrogens with zero attached hydrogens (tertiary/aromatic N) is 2. The summed E-state index contributed by atoms with van der Waals surface area (Å²) in [5.74, 6) is -1.38. The molecule has 0 fully saturated rings. The first-order valence-corrected chi connectivity index (χ1v) is 9.55. The topological polar surface area (TPSA) is 98.3 Å². The van der Waals surface area contributed by atoms with Crippen molar-refractivity contribution in [3.05, 3.63) is 59.7 Å². The Morgan fingerprint density at radius 2 is 1.94 bits per heavy atom. The molecule has 0 bridgehead atoms. The summed E-state index contributed by atoms with van der Waals surface area (Å²) in [7, 11) is 0. The number of hydrogen-bond acceptors (Lipinski definition) is 4. The summed E-state index contributed by atoms with van der Waals surface area (Å²) in [6.45, 7) is 1.30. The van der Waals surface area contributed by atoms with E-state index in [1.807, 2.05) is 6.07 Å². The fourth-order valence-corrected chi connectivity index (χ4v) is 3.21. The summed E-state index contributed by atoms with van der Waals surface area (Å²) in [6.07, 6.45) is -4.79. The van der Waals surface area contributed by atoms with Crippen LogP contribution in [-0.2, 0) is 15.8 Å². The van der Waals surface area contributed by atoms with Gasteiger partial charge < -0.3 is 20.3 Å². The molecule has 0 saturated heterocycles. The Morgan fingerprint density at radius 1 is 1.19 bits per heavy atom. The van der Waals surface area contributed by atoms with Crippen molar-refractivity contribution < 1.29 is 27.9 Å². The number of halogens is 3. The van der Waals surface area contributed by atoms with E-state index in [4.69, 9.17) is 5.11 Å². The maximum Gasteiger partial charge on any atom is 0.416 e. The number of carbonyl (C=O) groups is 2. The lowest BCUT2D eigenvalue weighted by molar-refractivity contribution is -0.144. The molecule has 7 nitrogen and oxygen atoms in total. The van der Waals surface area contributed by atoms with Gasteiger partial charge in [0.1, 0.15) is 6.54 Å². The molecule has 1 aromatic heterocycles. The molecule has 0 aliphatic heterocycles.